The molecule has 1 aromatic heterocycles. The lowest BCUT2D eigenvalue weighted by atomic mass is 10.3. The van der Waals surface area contributed by atoms with Gasteiger partial charge in [-0.25, -0.2) is 0 Å². The minimum atomic E-state index is 0.852. The van der Waals surface area contributed by atoms with Gasteiger partial charge in [-0.15, -0.1) is 5.11 Å². The molecule has 2 aromatic rings. The highest BCUT2D eigenvalue weighted by atomic mass is 15.3. The lowest BCUT2D eigenvalue weighted by molar-refractivity contribution is 0.731. The van der Waals surface area contributed by atoms with E-state index >= 15 is 0 Å². The van der Waals surface area contributed by atoms with Crippen molar-refractivity contribution in [1.29, 1.82) is 0 Å². The molecule has 0 unspecified atom stereocenters. The molecule has 0 aliphatic carbocycles. The first-order valence-corrected chi connectivity index (χ1v) is 5.15. The maximum absolute atomic E-state index is 4.29. The van der Waals surface area contributed by atoms with Gasteiger partial charge in [-0.05, 0) is 26.0 Å². The molecule has 1 aromatic carbocycles. The molecule has 82 valence electrons. The fraction of sp³-hybridized carbons (Fsp3) is 0.250. The quantitative estimate of drug-likeness (QED) is 0.706. The average Bonchev–Trinajstić information content (AvgIpc) is 2.53. The molecule has 4 heteroatoms. The van der Waals surface area contributed by atoms with Gasteiger partial charge in [0.1, 0.15) is 5.69 Å². The highest BCUT2D eigenvalue weighted by Gasteiger charge is 2.07. The van der Waals surface area contributed by atoms with E-state index in [-0.39, 0.29) is 0 Å². The Morgan fingerprint density at radius 1 is 1.06 bits per heavy atom. The van der Waals surface area contributed by atoms with Crippen LogP contribution in [0.2, 0.25) is 0 Å². The summed E-state index contributed by atoms with van der Waals surface area (Å²) < 4.78 is 1.81. The summed E-state index contributed by atoms with van der Waals surface area (Å²) >= 11 is 0. The van der Waals surface area contributed by atoms with Crippen molar-refractivity contribution in [2.45, 2.75) is 13.8 Å². The summed E-state index contributed by atoms with van der Waals surface area (Å²) in [6.07, 6.45) is 0. The van der Waals surface area contributed by atoms with Gasteiger partial charge in [0.05, 0.1) is 17.1 Å². The topological polar surface area (TPSA) is 42.5 Å². The predicted octanol–water partition coefficient (Wildman–Crippen LogP) is 3.45. The Labute approximate surface area is 94.6 Å². The van der Waals surface area contributed by atoms with E-state index in [2.05, 4.69) is 15.3 Å². The Bertz CT molecular complexity index is 511. The number of benzene rings is 1. The van der Waals surface area contributed by atoms with Crippen molar-refractivity contribution in [2.24, 2.45) is 17.3 Å². The second-order valence-electron chi connectivity index (χ2n) is 3.68. The van der Waals surface area contributed by atoms with Crippen LogP contribution < -0.4 is 0 Å². The maximum atomic E-state index is 4.29. The van der Waals surface area contributed by atoms with Crippen molar-refractivity contribution in [3.63, 3.8) is 0 Å². The molecule has 0 aliphatic rings. The van der Waals surface area contributed by atoms with E-state index in [9.17, 15) is 0 Å². The van der Waals surface area contributed by atoms with E-state index < -0.39 is 0 Å². The number of nitrogens with zero attached hydrogens (tertiary/aromatic N) is 4. The average molecular weight is 214 g/mol. The van der Waals surface area contributed by atoms with Crippen LogP contribution in [-0.4, -0.2) is 9.78 Å². The molecule has 0 spiro atoms. The summed E-state index contributed by atoms with van der Waals surface area (Å²) in [6, 6.07) is 9.68. The van der Waals surface area contributed by atoms with Gasteiger partial charge < -0.3 is 0 Å². The Balaban J connectivity index is 2.31. The lowest BCUT2D eigenvalue weighted by Crippen LogP contribution is -1.91. The maximum Gasteiger partial charge on any atom is 0.129 e. The predicted molar refractivity (Wildman–Crippen MR) is 63.3 cm³/mol. The van der Waals surface area contributed by atoms with Crippen LogP contribution in [0.4, 0.5) is 11.4 Å². The third kappa shape index (κ3) is 2.00. The molecule has 0 saturated carbocycles. The molecule has 16 heavy (non-hydrogen) atoms. The normalized spacial score (nSPS) is 11.2. The highest BCUT2D eigenvalue weighted by Crippen LogP contribution is 2.24. The Morgan fingerprint density at radius 3 is 2.31 bits per heavy atom. The summed E-state index contributed by atoms with van der Waals surface area (Å²) in [7, 11) is 1.91. The molecule has 0 fully saturated rings. The lowest BCUT2D eigenvalue weighted by Gasteiger charge is -1.93. The van der Waals surface area contributed by atoms with Crippen LogP contribution in [0.15, 0.2) is 40.6 Å². The standard InChI is InChI=1S/C12H14N4/c1-9-12(10(2)16(3)15-9)14-13-11-7-5-4-6-8-11/h4-8H,1-3H3. The van der Waals surface area contributed by atoms with Crippen LogP contribution in [0.5, 0.6) is 0 Å². The molecule has 0 N–H and O–H groups in total. The fourth-order valence-corrected chi connectivity index (χ4v) is 1.51. The molecule has 0 radical (unpaired) electrons. The minimum absolute atomic E-state index is 0.852. The summed E-state index contributed by atoms with van der Waals surface area (Å²) in [5, 5.41) is 12.7. The van der Waals surface area contributed by atoms with Crippen molar-refractivity contribution in [1.82, 2.24) is 9.78 Å². The van der Waals surface area contributed by atoms with Crippen LogP contribution >= 0.6 is 0 Å². The van der Waals surface area contributed by atoms with Crippen LogP contribution in [0.1, 0.15) is 11.4 Å². The SMILES string of the molecule is Cc1nn(C)c(C)c1N=Nc1ccccc1. The number of azo groups is 1. The first-order valence-electron chi connectivity index (χ1n) is 5.15. The molecular weight excluding hydrogens is 200 g/mol. The number of hydrogen-bond donors (Lipinski definition) is 0. The van der Waals surface area contributed by atoms with E-state index in [1.165, 1.54) is 0 Å². The summed E-state index contributed by atoms with van der Waals surface area (Å²) in [5.41, 5.74) is 3.63. The molecule has 0 saturated heterocycles. The largest absolute Gasteiger partial charge is 0.270 e. The fourth-order valence-electron chi connectivity index (χ4n) is 1.51. The summed E-state index contributed by atoms with van der Waals surface area (Å²) in [4.78, 5) is 0. The highest BCUT2D eigenvalue weighted by molar-refractivity contribution is 5.46. The van der Waals surface area contributed by atoms with Crippen molar-refractivity contribution in [2.75, 3.05) is 0 Å². The van der Waals surface area contributed by atoms with E-state index in [4.69, 9.17) is 0 Å². The zero-order chi connectivity index (χ0) is 11.5. The van der Waals surface area contributed by atoms with Crippen LogP contribution in [0.25, 0.3) is 0 Å². The zero-order valence-corrected chi connectivity index (χ0v) is 9.68. The van der Waals surface area contributed by atoms with Crippen LogP contribution in [0.3, 0.4) is 0 Å². The van der Waals surface area contributed by atoms with Crippen LogP contribution in [0, 0.1) is 13.8 Å². The van der Waals surface area contributed by atoms with Gasteiger partial charge in [0, 0.05) is 7.05 Å². The molecule has 0 bridgehead atoms. The molecule has 0 amide bonds. The minimum Gasteiger partial charge on any atom is -0.270 e. The van der Waals surface area contributed by atoms with Crippen molar-refractivity contribution in [3.05, 3.63) is 41.7 Å². The van der Waals surface area contributed by atoms with Crippen molar-refractivity contribution >= 4 is 11.4 Å². The Hall–Kier alpha value is -1.97. The zero-order valence-electron chi connectivity index (χ0n) is 9.68. The van der Waals surface area contributed by atoms with Gasteiger partial charge in [-0.3, -0.25) is 4.68 Å². The van der Waals surface area contributed by atoms with Gasteiger partial charge in [0.25, 0.3) is 0 Å². The number of hydrogen-bond acceptors (Lipinski definition) is 3. The smallest absolute Gasteiger partial charge is 0.129 e. The monoisotopic (exact) mass is 214 g/mol. The van der Waals surface area contributed by atoms with Gasteiger partial charge in [-0.2, -0.15) is 10.2 Å². The second kappa shape index (κ2) is 4.26. The molecule has 4 nitrogen and oxygen atoms in total. The number of aryl methyl sites for hydroxylation is 2. The molecule has 2 rings (SSSR count). The van der Waals surface area contributed by atoms with E-state index in [1.807, 2.05) is 55.9 Å². The van der Waals surface area contributed by atoms with Gasteiger partial charge in [0.2, 0.25) is 0 Å². The first kappa shape index (κ1) is 10.5. The summed E-state index contributed by atoms with van der Waals surface area (Å²) in [6.45, 7) is 3.92. The van der Waals surface area contributed by atoms with Crippen LogP contribution in [-0.2, 0) is 7.05 Å². The number of rotatable bonds is 2. The van der Waals surface area contributed by atoms with E-state index in [1.54, 1.807) is 0 Å². The van der Waals surface area contributed by atoms with Crippen molar-refractivity contribution in [3.8, 4) is 0 Å². The third-order valence-corrected chi connectivity index (χ3v) is 2.49. The van der Waals surface area contributed by atoms with E-state index in [0.29, 0.717) is 0 Å². The molecule has 0 aliphatic heterocycles. The third-order valence-electron chi connectivity index (χ3n) is 2.49. The van der Waals surface area contributed by atoms with Crippen molar-refractivity contribution < 1.29 is 0 Å². The van der Waals surface area contributed by atoms with Gasteiger partial charge in [0.15, 0.2) is 0 Å². The molecular formula is C12H14N4. The summed E-state index contributed by atoms with van der Waals surface area (Å²) in [5.74, 6) is 0. The first-order chi connectivity index (χ1) is 7.68. The second-order valence-corrected chi connectivity index (χ2v) is 3.68. The number of aromatic nitrogens is 2. The Morgan fingerprint density at radius 2 is 1.75 bits per heavy atom. The van der Waals surface area contributed by atoms with Gasteiger partial charge in [-0.1, -0.05) is 18.2 Å². The Kier molecular flexibility index (Phi) is 2.81. The van der Waals surface area contributed by atoms with E-state index in [0.717, 1.165) is 22.8 Å². The molecule has 0 atom stereocenters. The molecule has 1 heterocycles. The van der Waals surface area contributed by atoms with Gasteiger partial charge >= 0.3 is 0 Å².